The van der Waals surface area contributed by atoms with Gasteiger partial charge in [0.1, 0.15) is 0 Å². The average Bonchev–Trinajstić information content (AvgIpc) is 2.42. The number of urea groups is 1. The number of nitrogens with one attached hydrogen (secondary N) is 1. The molecule has 19 heavy (non-hydrogen) atoms. The van der Waals surface area contributed by atoms with Crippen LogP contribution < -0.4 is 5.32 Å². The molecule has 0 aromatic heterocycles. The lowest BCUT2D eigenvalue weighted by Crippen LogP contribution is -2.31. The molecule has 98 valence electrons. The van der Waals surface area contributed by atoms with Crippen LogP contribution in [-0.4, -0.2) is 18.0 Å². The second-order valence-electron chi connectivity index (χ2n) is 4.58. The third-order valence-corrected chi connectivity index (χ3v) is 3.04. The van der Waals surface area contributed by atoms with Gasteiger partial charge in [0.2, 0.25) is 0 Å². The summed E-state index contributed by atoms with van der Waals surface area (Å²) < 4.78 is 0. The Balaban J connectivity index is 1.98. The summed E-state index contributed by atoms with van der Waals surface area (Å²) in [6, 6.07) is 17.5. The third kappa shape index (κ3) is 3.58. The fourth-order valence-electron chi connectivity index (χ4n) is 1.86. The maximum Gasteiger partial charge on any atom is 0.321 e. The summed E-state index contributed by atoms with van der Waals surface area (Å²) in [6.45, 7) is 2.66. The molecule has 0 aliphatic heterocycles. The van der Waals surface area contributed by atoms with Gasteiger partial charge in [-0.1, -0.05) is 42.5 Å². The molecule has 0 saturated carbocycles. The van der Waals surface area contributed by atoms with Crippen molar-refractivity contribution >= 4 is 11.7 Å². The minimum absolute atomic E-state index is 0.102. The van der Waals surface area contributed by atoms with E-state index in [1.807, 2.05) is 48.5 Å². The van der Waals surface area contributed by atoms with Gasteiger partial charge in [-0.05, 0) is 30.2 Å². The zero-order chi connectivity index (χ0) is 13.7. The number of benzene rings is 2. The summed E-state index contributed by atoms with van der Waals surface area (Å²) >= 11 is 0. The molecule has 0 fully saturated rings. The van der Waals surface area contributed by atoms with E-state index < -0.39 is 0 Å². The van der Waals surface area contributed by atoms with Gasteiger partial charge in [-0.3, -0.25) is 0 Å². The maximum atomic E-state index is 12.0. The maximum absolute atomic E-state index is 12.0. The lowest BCUT2D eigenvalue weighted by atomic mass is 10.1. The molecule has 0 spiro atoms. The van der Waals surface area contributed by atoms with Crippen LogP contribution in [0.15, 0.2) is 54.6 Å². The predicted molar refractivity (Wildman–Crippen MR) is 78.1 cm³/mol. The van der Waals surface area contributed by atoms with Crippen LogP contribution in [0.4, 0.5) is 10.5 Å². The van der Waals surface area contributed by atoms with E-state index in [0.29, 0.717) is 6.54 Å². The van der Waals surface area contributed by atoms with Gasteiger partial charge < -0.3 is 10.2 Å². The topological polar surface area (TPSA) is 32.3 Å². The van der Waals surface area contributed by atoms with Crippen LogP contribution in [0.2, 0.25) is 0 Å². The van der Waals surface area contributed by atoms with Gasteiger partial charge in [0, 0.05) is 19.3 Å². The molecule has 1 N–H and O–H groups in total. The Bertz CT molecular complexity index is 552. The Morgan fingerprint density at radius 1 is 1.05 bits per heavy atom. The summed E-state index contributed by atoms with van der Waals surface area (Å²) in [5.41, 5.74) is 3.17. The van der Waals surface area contributed by atoms with Crippen molar-refractivity contribution in [3.8, 4) is 0 Å². The summed E-state index contributed by atoms with van der Waals surface area (Å²) in [6.07, 6.45) is 0. The van der Waals surface area contributed by atoms with Crippen LogP contribution in [0.1, 0.15) is 11.1 Å². The van der Waals surface area contributed by atoms with E-state index in [2.05, 4.69) is 18.3 Å². The quantitative estimate of drug-likeness (QED) is 0.890. The van der Waals surface area contributed by atoms with Gasteiger partial charge in [-0.2, -0.15) is 0 Å². The molecule has 3 nitrogen and oxygen atoms in total. The first-order valence-corrected chi connectivity index (χ1v) is 6.28. The van der Waals surface area contributed by atoms with Crippen LogP contribution in [0.3, 0.4) is 0 Å². The highest BCUT2D eigenvalue weighted by molar-refractivity contribution is 5.89. The molecule has 0 saturated heterocycles. The number of rotatable bonds is 3. The predicted octanol–water partition coefficient (Wildman–Crippen LogP) is 3.66. The number of carbonyl (C=O) groups excluding carboxylic acids is 1. The Hall–Kier alpha value is -2.29. The van der Waals surface area contributed by atoms with Crippen LogP contribution in [-0.2, 0) is 6.54 Å². The van der Waals surface area contributed by atoms with Crippen molar-refractivity contribution in [3.05, 3.63) is 65.7 Å². The van der Waals surface area contributed by atoms with E-state index in [9.17, 15) is 4.79 Å². The number of para-hydroxylation sites is 1. The molecule has 2 amide bonds. The van der Waals surface area contributed by atoms with Gasteiger partial charge in [0.25, 0.3) is 0 Å². The standard InChI is InChI=1S/C16H18N2O/c1-13-8-6-7-9-14(13)12-18(2)16(19)17-15-10-4-3-5-11-15/h3-11H,12H2,1-2H3,(H,17,19). The molecule has 2 rings (SSSR count). The zero-order valence-electron chi connectivity index (χ0n) is 11.3. The first kappa shape index (κ1) is 13.1. The molecule has 2 aromatic carbocycles. The molecule has 0 heterocycles. The van der Waals surface area contributed by atoms with Crippen LogP contribution in [0.5, 0.6) is 0 Å². The Morgan fingerprint density at radius 2 is 1.68 bits per heavy atom. The van der Waals surface area contributed by atoms with Gasteiger partial charge in [-0.15, -0.1) is 0 Å². The number of nitrogens with zero attached hydrogens (tertiary/aromatic N) is 1. The highest BCUT2D eigenvalue weighted by Gasteiger charge is 2.10. The van der Waals surface area contributed by atoms with Crippen LogP contribution in [0.25, 0.3) is 0 Å². The number of hydrogen-bond acceptors (Lipinski definition) is 1. The van der Waals surface area contributed by atoms with Crippen molar-refractivity contribution in [3.63, 3.8) is 0 Å². The van der Waals surface area contributed by atoms with Crippen molar-refractivity contribution < 1.29 is 4.79 Å². The molecule has 3 heteroatoms. The average molecular weight is 254 g/mol. The summed E-state index contributed by atoms with van der Waals surface area (Å²) in [5, 5.41) is 2.87. The van der Waals surface area contributed by atoms with E-state index in [-0.39, 0.29) is 6.03 Å². The summed E-state index contributed by atoms with van der Waals surface area (Å²) in [7, 11) is 1.80. The van der Waals surface area contributed by atoms with Crippen molar-refractivity contribution in [1.29, 1.82) is 0 Å². The summed E-state index contributed by atoms with van der Waals surface area (Å²) in [4.78, 5) is 13.7. The minimum Gasteiger partial charge on any atom is -0.323 e. The second-order valence-corrected chi connectivity index (χ2v) is 4.58. The van der Waals surface area contributed by atoms with E-state index in [1.165, 1.54) is 5.56 Å². The van der Waals surface area contributed by atoms with Crippen LogP contribution >= 0.6 is 0 Å². The lowest BCUT2D eigenvalue weighted by Gasteiger charge is -2.19. The fourth-order valence-corrected chi connectivity index (χ4v) is 1.86. The third-order valence-electron chi connectivity index (χ3n) is 3.04. The molecule has 0 aliphatic carbocycles. The molecular weight excluding hydrogens is 236 g/mol. The monoisotopic (exact) mass is 254 g/mol. The number of anilines is 1. The molecule has 0 aliphatic rings. The Kier molecular flexibility index (Phi) is 4.18. The molecule has 2 aromatic rings. The zero-order valence-corrected chi connectivity index (χ0v) is 11.3. The molecular formula is C16H18N2O. The van der Waals surface area contributed by atoms with Crippen molar-refractivity contribution in [2.24, 2.45) is 0 Å². The van der Waals surface area contributed by atoms with E-state index in [4.69, 9.17) is 0 Å². The van der Waals surface area contributed by atoms with Gasteiger partial charge in [-0.25, -0.2) is 4.79 Å². The first-order chi connectivity index (χ1) is 9.16. The van der Waals surface area contributed by atoms with Gasteiger partial charge in [0.05, 0.1) is 0 Å². The molecule has 0 unspecified atom stereocenters. The molecule has 0 bridgehead atoms. The minimum atomic E-state index is -0.102. The van der Waals surface area contributed by atoms with Crippen LogP contribution in [0, 0.1) is 6.92 Å². The largest absolute Gasteiger partial charge is 0.323 e. The molecule has 0 atom stereocenters. The van der Waals surface area contributed by atoms with E-state index >= 15 is 0 Å². The Labute approximate surface area is 113 Å². The highest BCUT2D eigenvalue weighted by Crippen LogP contribution is 2.11. The van der Waals surface area contributed by atoms with Crippen molar-refractivity contribution in [1.82, 2.24) is 4.90 Å². The Morgan fingerprint density at radius 3 is 2.37 bits per heavy atom. The summed E-state index contributed by atoms with van der Waals surface area (Å²) in [5.74, 6) is 0. The molecule has 0 radical (unpaired) electrons. The lowest BCUT2D eigenvalue weighted by molar-refractivity contribution is 0.220. The fraction of sp³-hybridized carbons (Fsp3) is 0.188. The number of hydrogen-bond donors (Lipinski definition) is 1. The van der Waals surface area contributed by atoms with E-state index in [1.54, 1.807) is 11.9 Å². The van der Waals surface area contributed by atoms with Gasteiger partial charge >= 0.3 is 6.03 Å². The number of carbonyl (C=O) groups is 1. The normalized spacial score (nSPS) is 10.0. The van der Waals surface area contributed by atoms with Crippen molar-refractivity contribution in [2.75, 3.05) is 12.4 Å². The second kappa shape index (κ2) is 6.05. The number of aryl methyl sites for hydroxylation is 1. The van der Waals surface area contributed by atoms with Gasteiger partial charge in [0.15, 0.2) is 0 Å². The van der Waals surface area contributed by atoms with E-state index in [0.717, 1.165) is 11.3 Å². The SMILES string of the molecule is Cc1ccccc1CN(C)C(=O)Nc1ccccc1. The first-order valence-electron chi connectivity index (χ1n) is 6.28. The number of amides is 2. The smallest absolute Gasteiger partial charge is 0.321 e. The van der Waals surface area contributed by atoms with Crippen molar-refractivity contribution in [2.45, 2.75) is 13.5 Å². The highest BCUT2D eigenvalue weighted by atomic mass is 16.2.